The number of anilines is 1. The maximum absolute atomic E-state index is 11.2. The van der Waals surface area contributed by atoms with E-state index in [1.54, 1.807) is 24.4 Å². The van der Waals surface area contributed by atoms with Crippen molar-refractivity contribution in [3.05, 3.63) is 64.7 Å². The summed E-state index contributed by atoms with van der Waals surface area (Å²) in [6.07, 6.45) is 3.00. The van der Waals surface area contributed by atoms with Crippen molar-refractivity contribution >= 4 is 28.7 Å². The molecule has 0 spiro atoms. The molecule has 0 aliphatic carbocycles. The van der Waals surface area contributed by atoms with E-state index in [0.717, 1.165) is 0 Å². The molecule has 3 rings (SSSR count). The van der Waals surface area contributed by atoms with Gasteiger partial charge in [-0.15, -0.1) is 10.2 Å². The van der Waals surface area contributed by atoms with Crippen molar-refractivity contribution < 1.29 is 4.92 Å². The molecule has 0 saturated heterocycles. The number of benzene rings is 1. The maximum atomic E-state index is 11.2. The number of nitrogens with zero attached hydrogens (tertiary/aromatic N) is 6. The summed E-state index contributed by atoms with van der Waals surface area (Å²) >= 11 is 1.29. The highest BCUT2D eigenvalue weighted by molar-refractivity contribution is 7.99. The minimum atomic E-state index is -0.484. The molecule has 0 unspecified atom stereocenters. The van der Waals surface area contributed by atoms with Crippen LogP contribution in [0.15, 0.2) is 58.7 Å². The molecule has 1 aromatic carbocycles. The van der Waals surface area contributed by atoms with Crippen molar-refractivity contribution in [3.63, 3.8) is 0 Å². The van der Waals surface area contributed by atoms with Crippen molar-refractivity contribution in [3.8, 4) is 6.07 Å². The molecule has 0 aliphatic rings. The third-order valence-electron chi connectivity index (χ3n) is 3.05. The van der Waals surface area contributed by atoms with E-state index in [-0.39, 0.29) is 17.1 Å². The maximum Gasteiger partial charge on any atom is 0.272 e. The van der Waals surface area contributed by atoms with Gasteiger partial charge in [-0.2, -0.15) is 10.5 Å². The molecular weight excluding hydrogens is 356 g/mol. The first-order chi connectivity index (χ1) is 12.7. The number of aromatic amines is 1. The monoisotopic (exact) mass is 366 g/mol. The van der Waals surface area contributed by atoms with Gasteiger partial charge in [0.05, 0.1) is 4.92 Å². The minimum absolute atomic E-state index is 0.0834. The van der Waals surface area contributed by atoms with Gasteiger partial charge >= 0.3 is 0 Å². The van der Waals surface area contributed by atoms with Crippen molar-refractivity contribution in [2.24, 2.45) is 0 Å². The highest BCUT2D eigenvalue weighted by Gasteiger charge is 2.12. The zero-order chi connectivity index (χ0) is 18.4. The second-order valence-electron chi connectivity index (χ2n) is 4.79. The average molecular weight is 366 g/mol. The first kappa shape index (κ1) is 17.1. The van der Waals surface area contributed by atoms with E-state index in [4.69, 9.17) is 5.26 Å². The number of nitrogens with one attached hydrogen (secondary N) is 2. The van der Waals surface area contributed by atoms with Crippen LogP contribution in [0.25, 0.3) is 5.57 Å². The van der Waals surface area contributed by atoms with Crippen LogP contribution >= 0.6 is 11.8 Å². The van der Waals surface area contributed by atoms with Crippen LogP contribution in [0.3, 0.4) is 0 Å². The minimum Gasteiger partial charge on any atom is -0.360 e. The van der Waals surface area contributed by atoms with Crippen LogP contribution in [0, 0.1) is 21.4 Å². The Morgan fingerprint density at radius 1 is 1.38 bits per heavy atom. The fourth-order valence-electron chi connectivity index (χ4n) is 1.94. The predicted octanol–water partition coefficient (Wildman–Crippen LogP) is 2.63. The van der Waals surface area contributed by atoms with Crippen LogP contribution in [-0.4, -0.2) is 30.5 Å². The van der Waals surface area contributed by atoms with Gasteiger partial charge in [-0.3, -0.25) is 10.1 Å². The van der Waals surface area contributed by atoms with Gasteiger partial charge in [-0.1, -0.05) is 17.8 Å². The Labute approximate surface area is 151 Å². The Hall–Kier alpha value is -3.78. The lowest BCUT2D eigenvalue weighted by molar-refractivity contribution is -0.385. The zero-order valence-electron chi connectivity index (χ0n) is 13.0. The second kappa shape index (κ2) is 7.86. The number of nitriles is 1. The van der Waals surface area contributed by atoms with E-state index in [2.05, 4.69) is 30.9 Å². The molecule has 128 valence electrons. The van der Waals surface area contributed by atoms with E-state index in [0.29, 0.717) is 15.6 Å². The standard InChI is InChI=1S/C15H10N8O2S/c16-8-10(15-19-21-22-20-15)9-18-11-5-12(23(24)25)7-13(6-11)26-14-3-1-2-4-17-14/h1-7,9,18H,(H,19,20,21,22). The average Bonchev–Trinajstić information content (AvgIpc) is 3.17. The molecule has 0 amide bonds. The fourth-order valence-corrected chi connectivity index (χ4v) is 2.80. The number of hydrogen-bond acceptors (Lipinski definition) is 9. The number of hydrogen-bond donors (Lipinski definition) is 2. The van der Waals surface area contributed by atoms with Crippen LogP contribution in [0.1, 0.15) is 5.82 Å². The lowest BCUT2D eigenvalue weighted by Gasteiger charge is -2.06. The lowest BCUT2D eigenvalue weighted by Crippen LogP contribution is -1.95. The summed E-state index contributed by atoms with van der Waals surface area (Å²) in [5.74, 6) is 0.119. The number of pyridine rings is 1. The van der Waals surface area contributed by atoms with Gasteiger partial charge < -0.3 is 5.32 Å². The summed E-state index contributed by atoms with van der Waals surface area (Å²) in [5, 5.41) is 37.0. The van der Waals surface area contributed by atoms with E-state index >= 15 is 0 Å². The van der Waals surface area contributed by atoms with Crippen LogP contribution in [0.2, 0.25) is 0 Å². The molecule has 3 aromatic rings. The van der Waals surface area contributed by atoms with Gasteiger partial charge in [0, 0.05) is 35.1 Å². The topological polar surface area (TPSA) is 146 Å². The van der Waals surface area contributed by atoms with Gasteiger partial charge in [0.2, 0.25) is 5.82 Å². The van der Waals surface area contributed by atoms with Crippen molar-refractivity contribution in [1.82, 2.24) is 25.6 Å². The van der Waals surface area contributed by atoms with Crippen molar-refractivity contribution in [1.29, 1.82) is 5.26 Å². The van der Waals surface area contributed by atoms with Gasteiger partial charge in [-0.25, -0.2) is 4.98 Å². The van der Waals surface area contributed by atoms with Crippen LogP contribution in [0.5, 0.6) is 0 Å². The summed E-state index contributed by atoms with van der Waals surface area (Å²) in [4.78, 5) is 15.5. The Kier molecular flexibility index (Phi) is 5.16. The van der Waals surface area contributed by atoms with E-state index in [1.165, 1.54) is 30.1 Å². The lowest BCUT2D eigenvalue weighted by atomic mass is 10.2. The number of aromatic nitrogens is 5. The zero-order valence-corrected chi connectivity index (χ0v) is 13.8. The number of rotatable bonds is 6. The Morgan fingerprint density at radius 3 is 2.92 bits per heavy atom. The summed E-state index contributed by atoms with van der Waals surface area (Å²) in [7, 11) is 0. The largest absolute Gasteiger partial charge is 0.360 e. The molecule has 0 atom stereocenters. The summed E-state index contributed by atoms with van der Waals surface area (Å²) in [5.41, 5.74) is 0.484. The van der Waals surface area contributed by atoms with Crippen molar-refractivity contribution in [2.45, 2.75) is 9.92 Å². The summed E-state index contributed by atoms with van der Waals surface area (Å²) < 4.78 is 0. The van der Waals surface area contributed by atoms with E-state index in [1.807, 2.05) is 12.1 Å². The molecule has 2 N–H and O–H groups in total. The van der Waals surface area contributed by atoms with Crippen LogP contribution in [-0.2, 0) is 0 Å². The first-order valence-electron chi connectivity index (χ1n) is 7.14. The molecule has 0 aliphatic heterocycles. The Bertz CT molecular complexity index is 983. The Morgan fingerprint density at radius 2 is 2.27 bits per heavy atom. The Balaban J connectivity index is 1.89. The molecule has 26 heavy (non-hydrogen) atoms. The number of nitro benzene ring substituents is 1. The van der Waals surface area contributed by atoms with E-state index < -0.39 is 4.92 Å². The number of allylic oxidation sites excluding steroid dienone is 1. The third kappa shape index (κ3) is 4.19. The van der Waals surface area contributed by atoms with Crippen molar-refractivity contribution in [2.75, 3.05) is 5.32 Å². The summed E-state index contributed by atoms with van der Waals surface area (Å²) in [6.45, 7) is 0. The molecule has 0 fully saturated rings. The van der Waals surface area contributed by atoms with Crippen LogP contribution < -0.4 is 5.32 Å². The van der Waals surface area contributed by atoms with Gasteiger partial charge in [0.1, 0.15) is 16.7 Å². The highest BCUT2D eigenvalue weighted by atomic mass is 32.2. The van der Waals surface area contributed by atoms with E-state index in [9.17, 15) is 10.1 Å². The molecule has 0 radical (unpaired) electrons. The normalized spacial score (nSPS) is 11.0. The van der Waals surface area contributed by atoms with Gasteiger partial charge in [0.25, 0.3) is 5.69 Å². The van der Waals surface area contributed by atoms with Crippen LogP contribution in [0.4, 0.5) is 11.4 Å². The predicted molar refractivity (Wildman–Crippen MR) is 92.8 cm³/mol. The molecule has 2 heterocycles. The quantitative estimate of drug-likeness (QED) is 0.381. The SMILES string of the molecule is N#CC(=CNc1cc(Sc2ccccn2)cc([N+](=O)[O-])c1)c1nn[nH]n1. The number of tetrazole rings is 1. The molecule has 0 saturated carbocycles. The number of non-ortho nitro benzene ring substituents is 1. The summed E-state index contributed by atoms with van der Waals surface area (Å²) in [6, 6.07) is 11.9. The highest BCUT2D eigenvalue weighted by Crippen LogP contribution is 2.32. The fraction of sp³-hybridized carbons (Fsp3) is 0. The van der Waals surface area contributed by atoms with Gasteiger partial charge in [-0.05, 0) is 23.4 Å². The number of nitro groups is 1. The molecule has 2 aromatic heterocycles. The second-order valence-corrected chi connectivity index (χ2v) is 5.89. The molecule has 11 heteroatoms. The molecular formula is C15H10N8O2S. The molecule has 0 bridgehead atoms. The third-order valence-corrected chi connectivity index (χ3v) is 3.97. The van der Waals surface area contributed by atoms with Gasteiger partial charge in [0.15, 0.2) is 0 Å². The first-order valence-corrected chi connectivity index (χ1v) is 7.96. The number of H-pyrrole nitrogens is 1. The smallest absolute Gasteiger partial charge is 0.272 e. The molecule has 10 nitrogen and oxygen atoms in total.